The highest BCUT2D eigenvalue weighted by atomic mass is 32.1. The summed E-state index contributed by atoms with van der Waals surface area (Å²) in [7, 11) is 0. The molecule has 0 saturated carbocycles. The number of aromatic nitrogens is 1. The molecular weight excluding hydrogens is 392 g/mol. The summed E-state index contributed by atoms with van der Waals surface area (Å²) in [5.74, 6) is 0.346. The van der Waals surface area contributed by atoms with Gasteiger partial charge in [0.05, 0.1) is 17.4 Å². The van der Waals surface area contributed by atoms with Gasteiger partial charge in [-0.25, -0.2) is 4.98 Å². The second kappa shape index (κ2) is 8.43. The number of para-hydroxylation sites is 1. The number of thiophene rings is 1. The van der Waals surface area contributed by atoms with E-state index in [2.05, 4.69) is 30.2 Å². The number of rotatable bonds is 6. The molecule has 1 saturated heterocycles. The van der Waals surface area contributed by atoms with E-state index < -0.39 is 0 Å². The molecule has 1 N–H and O–H groups in total. The number of hydrogen-bond acceptors (Lipinski definition) is 6. The second-order valence-electron chi connectivity index (χ2n) is 6.76. The normalized spacial score (nSPS) is 16.3. The molecule has 4 rings (SSSR count). The van der Waals surface area contributed by atoms with Crippen molar-refractivity contribution in [2.45, 2.75) is 32.8 Å². The Bertz CT molecular complexity index is 974. The van der Waals surface area contributed by atoms with Gasteiger partial charge in [-0.3, -0.25) is 10.1 Å². The van der Waals surface area contributed by atoms with E-state index in [4.69, 9.17) is 9.47 Å². The molecular formula is C21H22N2O3S2. The molecule has 1 unspecified atom stereocenters. The van der Waals surface area contributed by atoms with Crippen LogP contribution in [-0.2, 0) is 4.74 Å². The molecule has 1 fully saturated rings. The van der Waals surface area contributed by atoms with E-state index in [1.165, 1.54) is 21.1 Å². The minimum absolute atomic E-state index is 0.106. The van der Waals surface area contributed by atoms with Crippen LogP contribution in [0.15, 0.2) is 35.7 Å². The molecule has 7 heteroatoms. The zero-order valence-electron chi connectivity index (χ0n) is 15.9. The summed E-state index contributed by atoms with van der Waals surface area (Å²) in [6, 6.07) is 9.41. The Kier molecular flexibility index (Phi) is 5.75. The monoisotopic (exact) mass is 414 g/mol. The van der Waals surface area contributed by atoms with Crippen molar-refractivity contribution < 1.29 is 14.3 Å². The van der Waals surface area contributed by atoms with E-state index >= 15 is 0 Å². The molecule has 0 radical (unpaired) electrons. The Morgan fingerprint density at radius 1 is 1.36 bits per heavy atom. The van der Waals surface area contributed by atoms with Gasteiger partial charge in [-0.05, 0) is 44.9 Å². The van der Waals surface area contributed by atoms with Crippen molar-refractivity contribution >= 4 is 33.7 Å². The maximum Gasteiger partial charge on any atom is 0.261 e. The number of amides is 1. The lowest BCUT2D eigenvalue weighted by atomic mass is 10.2. The van der Waals surface area contributed by atoms with E-state index in [0.717, 1.165) is 30.7 Å². The van der Waals surface area contributed by atoms with Gasteiger partial charge in [0.25, 0.3) is 5.91 Å². The van der Waals surface area contributed by atoms with E-state index in [-0.39, 0.29) is 12.0 Å². The summed E-state index contributed by atoms with van der Waals surface area (Å²) in [4.78, 5) is 19.9. The third-order valence-electron chi connectivity index (χ3n) is 4.62. The summed E-state index contributed by atoms with van der Waals surface area (Å²) in [5.41, 5.74) is 2.52. The van der Waals surface area contributed by atoms with Crippen LogP contribution in [0, 0.1) is 13.8 Å². The fraction of sp³-hybridized carbons (Fsp3) is 0.333. The van der Waals surface area contributed by atoms with Gasteiger partial charge in [-0.2, -0.15) is 0 Å². The van der Waals surface area contributed by atoms with Crippen molar-refractivity contribution in [2.24, 2.45) is 0 Å². The number of anilines is 1. The molecule has 3 heterocycles. The molecule has 3 aromatic rings. The molecule has 28 heavy (non-hydrogen) atoms. The number of carbonyl (C=O) groups excluding carboxylic acids is 1. The standard InChI is InChI=1S/C21H22N2O3S2/c1-13-10-17(14(2)28-13)18-12-27-21(22-18)23-20(24)16-7-3-4-8-19(16)26-11-15-6-5-9-25-15/h3-4,7-8,10,12,15H,5-6,9,11H2,1-2H3,(H,22,23,24). The minimum atomic E-state index is -0.220. The Balaban J connectivity index is 1.46. The van der Waals surface area contributed by atoms with Gasteiger partial charge in [0.1, 0.15) is 12.4 Å². The molecule has 1 aliphatic rings. The third-order valence-corrected chi connectivity index (χ3v) is 6.35. The lowest BCUT2D eigenvalue weighted by Crippen LogP contribution is -2.19. The first-order valence-corrected chi connectivity index (χ1v) is 11.0. The second-order valence-corrected chi connectivity index (χ2v) is 9.08. The Morgan fingerprint density at radius 3 is 2.96 bits per heavy atom. The smallest absolute Gasteiger partial charge is 0.261 e. The lowest BCUT2D eigenvalue weighted by Gasteiger charge is -2.14. The molecule has 1 aromatic carbocycles. The van der Waals surface area contributed by atoms with Crippen LogP contribution >= 0.6 is 22.7 Å². The molecule has 1 aliphatic heterocycles. The van der Waals surface area contributed by atoms with E-state index in [9.17, 15) is 4.79 Å². The number of aryl methyl sites for hydroxylation is 2. The number of carbonyl (C=O) groups is 1. The molecule has 146 valence electrons. The van der Waals surface area contributed by atoms with Crippen LogP contribution in [0.3, 0.4) is 0 Å². The van der Waals surface area contributed by atoms with E-state index in [1.54, 1.807) is 17.4 Å². The van der Waals surface area contributed by atoms with Crippen LogP contribution in [0.1, 0.15) is 33.0 Å². The number of benzene rings is 1. The largest absolute Gasteiger partial charge is 0.490 e. The molecule has 1 atom stereocenters. The predicted molar refractivity (Wildman–Crippen MR) is 114 cm³/mol. The number of nitrogens with one attached hydrogen (secondary N) is 1. The molecule has 5 nitrogen and oxygen atoms in total. The minimum Gasteiger partial charge on any atom is -0.490 e. The first kappa shape index (κ1) is 19.1. The molecule has 2 aromatic heterocycles. The summed E-state index contributed by atoms with van der Waals surface area (Å²) in [6.07, 6.45) is 2.17. The highest BCUT2D eigenvalue weighted by Gasteiger charge is 2.19. The van der Waals surface area contributed by atoms with E-state index in [0.29, 0.717) is 23.1 Å². The maximum absolute atomic E-state index is 12.8. The van der Waals surface area contributed by atoms with Crippen molar-refractivity contribution in [3.63, 3.8) is 0 Å². The average Bonchev–Trinajstić information content (AvgIpc) is 3.42. The quantitative estimate of drug-likeness (QED) is 0.595. The van der Waals surface area contributed by atoms with Crippen LogP contribution in [0.5, 0.6) is 5.75 Å². The summed E-state index contributed by atoms with van der Waals surface area (Å²) in [6.45, 7) is 5.42. The first-order chi connectivity index (χ1) is 13.6. The Hall–Kier alpha value is -2.22. The number of nitrogens with zero attached hydrogens (tertiary/aromatic N) is 1. The number of thiazole rings is 1. The highest BCUT2D eigenvalue weighted by molar-refractivity contribution is 7.14. The molecule has 0 spiro atoms. The maximum atomic E-state index is 12.8. The summed E-state index contributed by atoms with van der Waals surface area (Å²) >= 11 is 3.18. The van der Waals surface area contributed by atoms with Crippen molar-refractivity contribution in [1.82, 2.24) is 4.98 Å². The van der Waals surface area contributed by atoms with Crippen molar-refractivity contribution in [3.05, 3.63) is 51.0 Å². The van der Waals surface area contributed by atoms with Gasteiger partial charge in [-0.15, -0.1) is 22.7 Å². The Morgan fingerprint density at radius 2 is 2.21 bits per heavy atom. The van der Waals surface area contributed by atoms with Crippen molar-refractivity contribution in [3.8, 4) is 17.0 Å². The lowest BCUT2D eigenvalue weighted by molar-refractivity contribution is 0.0673. The van der Waals surface area contributed by atoms with Crippen LogP contribution < -0.4 is 10.1 Å². The molecule has 1 amide bonds. The summed E-state index contributed by atoms with van der Waals surface area (Å²) < 4.78 is 11.5. The Labute approximate surface area is 172 Å². The highest BCUT2D eigenvalue weighted by Crippen LogP contribution is 2.33. The third kappa shape index (κ3) is 4.27. The van der Waals surface area contributed by atoms with Gasteiger partial charge in [0.2, 0.25) is 0 Å². The van der Waals surface area contributed by atoms with E-state index in [1.807, 2.05) is 23.6 Å². The SMILES string of the molecule is Cc1cc(-c2csc(NC(=O)c3ccccc3OCC3CCCO3)n2)c(C)s1. The van der Waals surface area contributed by atoms with Crippen molar-refractivity contribution in [2.75, 3.05) is 18.5 Å². The van der Waals surface area contributed by atoms with Crippen LogP contribution in [-0.4, -0.2) is 30.2 Å². The van der Waals surface area contributed by atoms with Gasteiger partial charge < -0.3 is 9.47 Å². The fourth-order valence-electron chi connectivity index (χ4n) is 3.24. The van der Waals surface area contributed by atoms with Gasteiger partial charge in [0.15, 0.2) is 5.13 Å². The molecule has 0 bridgehead atoms. The van der Waals surface area contributed by atoms with Crippen LogP contribution in [0.2, 0.25) is 0 Å². The summed E-state index contributed by atoms with van der Waals surface area (Å²) in [5, 5.41) is 5.46. The average molecular weight is 415 g/mol. The number of hydrogen-bond donors (Lipinski definition) is 1. The first-order valence-electron chi connectivity index (χ1n) is 9.28. The van der Waals surface area contributed by atoms with Gasteiger partial charge in [0, 0.05) is 27.3 Å². The van der Waals surface area contributed by atoms with Crippen LogP contribution in [0.25, 0.3) is 11.3 Å². The predicted octanol–water partition coefficient (Wildman–Crippen LogP) is 5.30. The van der Waals surface area contributed by atoms with Gasteiger partial charge in [-0.1, -0.05) is 12.1 Å². The fourth-order valence-corrected chi connectivity index (χ4v) is 4.88. The van der Waals surface area contributed by atoms with Gasteiger partial charge >= 0.3 is 0 Å². The zero-order valence-corrected chi connectivity index (χ0v) is 17.5. The number of ether oxygens (including phenoxy) is 2. The molecule has 0 aliphatic carbocycles. The topological polar surface area (TPSA) is 60.5 Å². The van der Waals surface area contributed by atoms with Crippen LogP contribution in [0.4, 0.5) is 5.13 Å². The van der Waals surface area contributed by atoms with Crippen molar-refractivity contribution in [1.29, 1.82) is 0 Å². The zero-order chi connectivity index (χ0) is 19.5.